The SMILES string of the molecule is CC1CCC(CN2CCC(=O)NC2=O)CC1. The maximum absolute atomic E-state index is 11.5. The predicted octanol–water partition coefficient (Wildman–Crippen LogP) is 1.75. The van der Waals surface area contributed by atoms with Gasteiger partial charge in [-0.25, -0.2) is 4.79 Å². The summed E-state index contributed by atoms with van der Waals surface area (Å²) < 4.78 is 0. The molecular weight excluding hydrogens is 204 g/mol. The summed E-state index contributed by atoms with van der Waals surface area (Å²) in [5, 5.41) is 2.38. The van der Waals surface area contributed by atoms with E-state index in [4.69, 9.17) is 0 Å². The molecule has 0 aromatic carbocycles. The van der Waals surface area contributed by atoms with E-state index in [9.17, 15) is 9.59 Å². The number of hydrogen-bond donors (Lipinski definition) is 1. The van der Waals surface area contributed by atoms with Crippen molar-refractivity contribution in [2.75, 3.05) is 13.1 Å². The molecule has 90 valence electrons. The smallest absolute Gasteiger partial charge is 0.324 e. The molecule has 0 spiro atoms. The summed E-state index contributed by atoms with van der Waals surface area (Å²) in [4.78, 5) is 24.3. The number of imide groups is 1. The van der Waals surface area contributed by atoms with Gasteiger partial charge in [-0.05, 0) is 24.7 Å². The molecule has 4 nitrogen and oxygen atoms in total. The number of rotatable bonds is 2. The average Bonchev–Trinajstić information content (AvgIpc) is 2.25. The second-order valence-electron chi connectivity index (χ2n) is 5.18. The van der Waals surface area contributed by atoms with Gasteiger partial charge in [0, 0.05) is 19.5 Å². The second kappa shape index (κ2) is 4.85. The molecule has 0 bridgehead atoms. The molecular formula is C12H20N2O2. The highest BCUT2D eigenvalue weighted by atomic mass is 16.2. The van der Waals surface area contributed by atoms with Gasteiger partial charge in [-0.1, -0.05) is 19.8 Å². The molecule has 1 aliphatic carbocycles. The fourth-order valence-corrected chi connectivity index (χ4v) is 2.60. The van der Waals surface area contributed by atoms with Crippen LogP contribution in [0.4, 0.5) is 4.79 Å². The molecule has 0 radical (unpaired) electrons. The van der Waals surface area contributed by atoms with Gasteiger partial charge >= 0.3 is 6.03 Å². The summed E-state index contributed by atoms with van der Waals surface area (Å²) in [7, 11) is 0. The maximum Gasteiger partial charge on any atom is 0.324 e. The minimum Gasteiger partial charge on any atom is -0.324 e. The highest BCUT2D eigenvalue weighted by molar-refractivity contribution is 5.96. The zero-order valence-corrected chi connectivity index (χ0v) is 9.87. The van der Waals surface area contributed by atoms with Crippen LogP contribution in [0.15, 0.2) is 0 Å². The molecule has 16 heavy (non-hydrogen) atoms. The summed E-state index contributed by atoms with van der Waals surface area (Å²) in [6, 6.07) is -0.199. The van der Waals surface area contributed by atoms with E-state index in [0.29, 0.717) is 18.9 Å². The van der Waals surface area contributed by atoms with Crippen molar-refractivity contribution in [3.8, 4) is 0 Å². The van der Waals surface area contributed by atoms with Crippen LogP contribution in [-0.2, 0) is 4.79 Å². The first kappa shape index (κ1) is 11.4. The van der Waals surface area contributed by atoms with Gasteiger partial charge in [0.05, 0.1) is 0 Å². The lowest BCUT2D eigenvalue weighted by molar-refractivity contribution is -0.121. The van der Waals surface area contributed by atoms with Crippen LogP contribution in [-0.4, -0.2) is 29.9 Å². The normalized spacial score (nSPS) is 31.4. The Morgan fingerprint density at radius 2 is 1.94 bits per heavy atom. The third-order valence-electron chi connectivity index (χ3n) is 3.76. The van der Waals surface area contributed by atoms with E-state index in [1.54, 1.807) is 4.90 Å². The molecule has 1 N–H and O–H groups in total. The van der Waals surface area contributed by atoms with Gasteiger partial charge in [0.1, 0.15) is 0 Å². The Hall–Kier alpha value is -1.06. The topological polar surface area (TPSA) is 49.4 Å². The number of nitrogens with one attached hydrogen (secondary N) is 1. The second-order valence-corrected chi connectivity index (χ2v) is 5.18. The van der Waals surface area contributed by atoms with Crippen molar-refractivity contribution in [3.63, 3.8) is 0 Å². The van der Waals surface area contributed by atoms with Gasteiger partial charge in [-0.3, -0.25) is 10.1 Å². The van der Waals surface area contributed by atoms with E-state index in [1.807, 2.05) is 0 Å². The third-order valence-corrected chi connectivity index (χ3v) is 3.76. The Labute approximate surface area is 96.4 Å². The Balaban J connectivity index is 1.81. The molecule has 0 unspecified atom stereocenters. The van der Waals surface area contributed by atoms with Gasteiger partial charge in [0.25, 0.3) is 0 Å². The summed E-state index contributed by atoms with van der Waals surface area (Å²) in [5.74, 6) is 1.33. The largest absolute Gasteiger partial charge is 0.324 e. The first-order valence-corrected chi connectivity index (χ1v) is 6.24. The lowest BCUT2D eigenvalue weighted by atomic mass is 9.83. The van der Waals surface area contributed by atoms with Gasteiger partial charge in [-0.15, -0.1) is 0 Å². The van der Waals surface area contributed by atoms with Crippen LogP contribution in [0.25, 0.3) is 0 Å². The minimum atomic E-state index is -0.199. The highest BCUT2D eigenvalue weighted by Gasteiger charge is 2.27. The van der Waals surface area contributed by atoms with Gasteiger partial charge in [0.15, 0.2) is 0 Å². The van der Waals surface area contributed by atoms with Crippen molar-refractivity contribution in [2.45, 2.75) is 39.0 Å². The molecule has 2 rings (SSSR count). The highest BCUT2D eigenvalue weighted by Crippen LogP contribution is 2.29. The van der Waals surface area contributed by atoms with E-state index in [-0.39, 0.29) is 11.9 Å². The molecule has 4 heteroatoms. The van der Waals surface area contributed by atoms with Gasteiger partial charge in [0.2, 0.25) is 5.91 Å². The monoisotopic (exact) mass is 224 g/mol. The van der Waals surface area contributed by atoms with Gasteiger partial charge < -0.3 is 4.90 Å². The molecule has 1 heterocycles. The van der Waals surface area contributed by atoms with E-state index in [2.05, 4.69) is 12.2 Å². The Kier molecular flexibility index (Phi) is 3.46. The van der Waals surface area contributed by atoms with Crippen molar-refractivity contribution in [3.05, 3.63) is 0 Å². The van der Waals surface area contributed by atoms with E-state index in [0.717, 1.165) is 12.5 Å². The summed E-state index contributed by atoms with van der Waals surface area (Å²) >= 11 is 0. The lowest BCUT2D eigenvalue weighted by Crippen LogP contribution is -2.51. The van der Waals surface area contributed by atoms with Crippen LogP contribution in [0.5, 0.6) is 0 Å². The molecule has 1 aliphatic heterocycles. The zero-order valence-electron chi connectivity index (χ0n) is 9.87. The maximum atomic E-state index is 11.5. The standard InChI is InChI=1S/C12H20N2O2/c1-9-2-4-10(5-3-9)8-14-7-6-11(15)13-12(14)16/h9-10H,2-8H2,1H3,(H,13,15,16). The van der Waals surface area contributed by atoms with Gasteiger partial charge in [-0.2, -0.15) is 0 Å². The average molecular weight is 224 g/mol. The van der Waals surface area contributed by atoms with Crippen LogP contribution >= 0.6 is 0 Å². The number of nitrogens with zero attached hydrogens (tertiary/aromatic N) is 1. The molecule has 0 aromatic heterocycles. The number of carbonyl (C=O) groups is 2. The number of urea groups is 1. The molecule has 3 amide bonds. The fourth-order valence-electron chi connectivity index (χ4n) is 2.60. The predicted molar refractivity (Wildman–Crippen MR) is 60.9 cm³/mol. The van der Waals surface area contributed by atoms with Crippen LogP contribution in [0.3, 0.4) is 0 Å². The Bertz CT molecular complexity index is 283. The van der Waals surface area contributed by atoms with Crippen molar-refractivity contribution in [2.24, 2.45) is 11.8 Å². The van der Waals surface area contributed by atoms with Crippen LogP contribution in [0.2, 0.25) is 0 Å². The molecule has 1 saturated heterocycles. The Morgan fingerprint density at radius 1 is 1.25 bits per heavy atom. The zero-order chi connectivity index (χ0) is 11.5. The van der Waals surface area contributed by atoms with Crippen molar-refractivity contribution in [1.29, 1.82) is 0 Å². The fraction of sp³-hybridized carbons (Fsp3) is 0.833. The summed E-state index contributed by atoms with van der Waals surface area (Å²) in [6.07, 6.45) is 5.45. The van der Waals surface area contributed by atoms with Crippen molar-refractivity contribution < 1.29 is 9.59 Å². The molecule has 2 fully saturated rings. The number of amides is 3. The number of carbonyl (C=O) groups excluding carboxylic acids is 2. The molecule has 0 aromatic rings. The molecule has 2 aliphatic rings. The first-order valence-electron chi connectivity index (χ1n) is 6.24. The van der Waals surface area contributed by atoms with E-state index >= 15 is 0 Å². The summed E-state index contributed by atoms with van der Waals surface area (Å²) in [6.45, 7) is 3.71. The van der Waals surface area contributed by atoms with E-state index in [1.165, 1.54) is 25.7 Å². The first-order chi connectivity index (χ1) is 7.65. The van der Waals surface area contributed by atoms with Crippen LogP contribution in [0, 0.1) is 11.8 Å². The number of hydrogen-bond acceptors (Lipinski definition) is 2. The lowest BCUT2D eigenvalue weighted by Gasteiger charge is -2.33. The molecule has 1 saturated carbocycles. The quantitative estimate of drug-likeness (QED) is 0.777. The minimum absolute atomic E-state index is 0.140. The van der Waals surface area contributed by atoms with Crippen LogP contribution < -0.4 is 5.32 Å². The van der Waals surface area contributed by atoms with Crippen LogP contribution in [0.1, 0.15) is 39.0 Å². The van der Waals surface area contributed by atoms with E-state index < -0.39 is 0 Å². The molecule has 0 atom stereocenters. The van der Waals surface area contributed by atoms with Crippen molar-refractivity contribution in [1.82, 2.24) is 10.2 Å². The Morgan fingerprint density at radius 3 is 2.56 bits per heavy atom. The van der Waals surface area contributed by atoms with Crippen molar-refractivity contribution >= 4 is 11.9 Å². The third kappa shape index (κ3) is 2.74. The summed E-state index contributed by atoms with van der Waals surface area (Å²) in [5.41, 5.74) is 0.